The molecule has 1 aromatic rings. The molecule has 0 aliphatic heterocycles. The van der Waals surface area contributed by atoms with Crippen molar-refractivity contribution in [2.75, 3.05) is 6.54 Å². The first kappa shape index (κ1) is 14.2. The van der Waals surface area contributed by atoms with Crippen molar-refractivity contribution in [2.45, 2.75) is 27.3 Å². The van der Waals surface area contributed by atoms with Gasteiger partial charge < -0.3 is 11.1 Å². The summed E-state index contributed by atoms with van der Waals surface area (Å²) in [6.45, 7) is 7.03. The molecule has 94 valence electrons. The van der Waals surface area contributed by atoms with Crippen molar-refractivity contribution in [3.8, 4) is 0 Å². The van der Waals surface area contributed by atoms with Gasteiger partial charge in [-0.25, -0.2) is 0 Å². The number of nitrogens with one attached hydrogen (secondary N) is 1. The second kappa shape index (κ2) is 5.65. The number of nitrogens with two attached hydrogens (primary N) is 1. The molecule has 1 rings (SSSR count). The van der Waals surface area contributed by atoms with Gasteiger partial charge in [0.2, 0.25) is 5.91 Å². The average Bonchev–Trinajstić information content (AvgIpc) is 2.21. The van der Waals surface area contributed by atoms with Crippen molar-refractivity contribution >= 4 is 21.8 Å². The van der Waals surface area contributed by atoms with E-state index in [4.69, 9.17) is 5.73 Å². The number of carbonyl (C=O) groups excluding carboxylic acids is 1. The highest BCUT2D eigenvalue weighted by Crippen LogP contribution is 2.19. The number of halogens is 1. The molecule has 17 heavy (non-hydrogen) atoms. The van der Waals surface area contributed by atoms with Gasteiger partial charge in [-0.05, 0) is 38.0 Å². The van der Waals surface area contributed by atoms with E-state index in [0.29, 0.717) is 6.54 Å². The number of aryl methyl sites for hydroxylation is 1. The number of hydrogen-bond donors (Lipinski definition) is 2. The first-order chi connectivity index (χ1) is 7.83. The normalized spacial score (nSPS) is 11.5. The number of amides is 1. The Morgan fingerprint density at radius 3 is 2.65 bits per heavy atom. The Kier molecular flexibility index (Phi) is 4.71. The zero-order chi connectivity index (χ0) is 13.1. The quantitative estimate of drug-likeness (QED) is 0.877. The lowest BCUT2D eigenvalue weighted by Gasteiger charge is -2.21. The molecule has 3 nitrogen and oxygen atoms in total. The van der Waals surface area contributed by atoms with Gasteiger partial charge in [0, 0.05) is 17.6 Å². The van der Waals surface area contributed by atoms with Crippen LogP contribution < -0.4 is 11.1 Å². The molecule has 0 atom stereocenters. The molecule has 0 spiro atoms. The Bertz CT molecular complexity index is 416. The zero-order valence-electron chi connectivity index (χ0n) is 10.5. The standard InChI is InChI=1S/C13H19BrN2O/c1-9-4-5-10(11(14)6-9)7-16-8-13(2,3)12(15)17/h4-6,16H,7-8H2,1-3H3,(H2,15,17). The van der Waals surface area contributed by atoms with Crippen LogP contribution in [0.25, 0.3) is 0 Å². The van der Waals surface area contributed by atoms with Crippen molar-refractivity contribution in [3.63, 3.8) is 0 Å². The van der Waals surface area contributed by atoms with Crippen LogP contribution in [0.2, 0.25) is 0 Å². The maximum Gasteiger partial charge on any atom is 0.224 e. The summed E-state index contributed by atoms with van der Waals surface area (Å²) in [5.41, 5.74) is 7.19. The summed E-state index contributed by atoms with van der Waals surface area (Å²) in [5.74, 6) is -0.284. The van der Waals surface area contributed by atoms with Crippen LogP contribution in [0.4, 0.5) is 0 Å². The van der Waals surface area contributed by atoms with Gasteiger partial charge in [-0.3, -0.25) is 4.79 Å². The fraction of sp³-hybridized carbons (Fsp3) is 0.462. The third kappa shape index (κ3) is 4.13. The Hall–Kier alpha value is -0.870. The van der Waals surface area contributed by atoms with Gasteiger partial charge in [0.1, 0.15) is 0 Å². The van der Waals surface area contributed by atoms with Crippen LogP contribution in [0.1, 0.15) is 25.0 Å². The topological polar surface area (TPSA) is 55.1 Å². The number of rotatable bonds is 5. The van der Waals surface area contributed by atoms with Crippen molar-refractivity contribution in [1.29, 1.82) is 0 Å². The van der Waals surface area contributed by atoms with Gasteiger partial charge in [0.05, 0.1) is 5.41 Å². The molecule has 0 saturated heterocycles. The van der Waals surface area contributed by atoms with Crippen LogP contribution in [0.5, 0.6) is 0 Å². The van der Waals surface area contributed by atoms with Crippen LogP contribution >= 0.6 is 15.9 Å². The minimum atomic E-state index is -0.517. The SMILES string of the molecule is Cc1ccc(CNCC(C)(C)C(N)=O)c(Br)c1. The molecule has 1 amide bonds. The minimum absolute atomic E-state index is 0.284. The van der Waals surface area contributed by atoms with E-state index in [0.717, 1.165) is 11.0 Å². The van der Waals surface area contributed by atoms with Crippen LogP contribution in [-0.2, 0) is 11.3 Å². The second-order valence-corrected chi connectivity index (χ2v) is 5.80. The van der Waals surface area contributed by atoms with Crippen molar-refractivity contribution in [2.24, 2.45) is 11.1 Å². The smallest absolute Gasteiger partial charge is 0.224 e. The lowest BCUT2D eigenvalue weighted by Crippen LogP contribution is -2.40. The fourth-order valence-corrected chi connectivity index (χ4v) is 2.03. The van der Waals surface area contributed by atoms with Crippen molar-refractivity contribution < 1.29 is 4.79 Å². The van der Waals surface area contributed by atoms with E-state index in [-0.39, 0.29) is 5.91 Å². The first-order valence-electron chi connectivity index (χ1n) is 5.58. The van der Waals surface area contributed by atoms with Crippen LogP contribution in [-0.4, -0.2) is 12.5 Å². The van der Waals surface area contributed by atoms with E-state index in [2.05, 4.69) is 46.4 Å². The molecular formula is C13H19BrN2O. The van der Waals surface area contributed by atoms with Gasteiger partial charge in [-0.15, -0.1) is 0 Å². The van der Waals surface area contributed by atoms with Gasteiger partial charge in [-0.1, -0.05) is 28.1 Å². The zero-order valence-corrected chi connectivity index (χ0v) is 12.1. The lowest BCUT2D eigenvalue weighted by molar-refractivity contribution is -0.125. The number of benzene rings is 1. The third-order valence-corrected chi connectivity index (χ3v) is 3.50. The van der Waals surface area contributed by atoms with E-state index in [1.54, 1.807) is 0 Å². The summed E-state index contributed by atoms with van der Waals surface area (Å²) in [4.78, 5) is 11.1. The van der Waals surface area contributed by atoms with Crippen LogP contribution in [0.3, 0.4) is 0 Å². The molecule has 0 radical (unpaired) electrons. The van der Waals surface area contributed by atoms with Crippen LogP contribution in [0.15, 0.2) is 22.7 Å². The molecule has 3 N–H and O–H groups in total. The summed E-state index contributed by atoms with van der Waals surface area (Å²) in [7, 11) is 0. The summed E-state index contributed by atoms with van der Waals surface area (Å²) in [6.07, 6.45) is 0. The van der Waals surface area contributed by atoms with Gasteiger partial charge in [-0.2, -0.15) is 0 Å². The molecule has 0 fully saturated rings. The van der Waals surface area contributed by atoms with E-state index in [9.17, 15) is 4.79 Å². The van der Waals surface area contributed by atoms with Gasteiger partial charge in [0.25, 0.3) is 0 Å². The third-order valence-electron chi connectivity index (χ3n) is 2.76. The Balaban J connectivity index is 2.54. The van der Waals surface area contributed by atoms with Crippen molar-refractivity contribution in [3.05, 3.63) is 33.8 Å². The van der Waals surface area contributed by atoms with E-state index in [1.165, 1.54) is 11.1 Å². The summed E-state index contributed by atoms with van der Waals surface area (Å²) in [5, 5.41) is 3.25. The average molecular weight is 299 g/mol. The lowest BCUT2D eigenvalue weighted by atomic mass is 9.93. The Labute approximate surface area is 111 Å². The number of primary amides is 1. The highest BCUT2D eigenvalue weighted by molar-refractivity contribution is 9.10. The number of hydrogen-bond acceptors (Lipinski definition) is 2. The molecule has 0 unspecified atom stereocenters. The molecule has 0 aliphatic carbocycles. The highest BCUT2D eigenvalue weighted by Gasteiger charge is 2.24. The second-order valence-electron chi connectivity index (χ2n) is 4.95. The molecular weight excluding hydrogens is 280 g/mol. The molecule has 0 aliphatic rings. The largest absolute Gasteiger partial charge is 0.369 e. The summed E-state index contributed by atoms with van der Waals surface area (Å²) < 4.78 is 1.09. The number of carbonyl (C=O) groups is 1. The summed E-state index contributed by atoms with van der Waals surface area (Å²) in [6, 6.07) is 6.22. The highest BCUT2D eigenvalue weighted by atomic mass is 79.9. The Morgan fingerprint density at radius 2 is 2.12 bits per heavy atom. The minimum Gasteiger partial charge on any atom is -0.369 e. The van der Waals surface area contributed by atoms with Crippen LogP contribution in [0, 0.1) is 12.3 Å². The Morgan fingerprint density at radius 1 is 1.47 bits per heavy atom. The van der Waals surface area contributed by atoms with E-state index in [1.807, 2.05) is 13.8 Å². The van der Waals surface area contributed by atoms with Crippen molar-refractivity contribution in [1.82, 2.24) is 5.32 Å². The molecule has 0 aromatic heterocycles. The summed E-state index contributed by atoms with van der Waals surface area (Å²) >= 11 is 3.53. The van der Waals surface area contributed by atoms with E-state index < -0.39 is 5.41 Å². The van der Waals surface area contributed by atoms with E-state index >= 15 is 0 Å². The molecule has 0 bridgehead atoms. The fourth-order valence-electron chi connectivity index (χ4n) is 1.39. The molecule has 4 heteroatoms. The van der Waals surface area contributed by atoms with Gasteiger partial charge >= 0.3 is 0 Å². The van der Waals surface area contributed by atoms with Gasteiger partial charge in [0.15, 0.2) is 0 Å². The monoisotopic (exact) mass is 298 g/mol. The molecule has 0 heterocycles. The first-order valence-corrected chi connectivity index (χ1v) is 6.38. The molecule has 1 aromatic carbocycles. The predicted molar refractivity (Wildman–Crippen MR) is 73.6 cm³/mol. The maximum atomic E-state index is 11.1. The predicted octanol–water partition coefficient (Wildman–Crippen LogP) is 2.36. The molecule has 0 saturated carbocycles. The maximum absolute atomic E-state index is 11.1.